The van der Waals surface area contributed by atoms with Gasteiger partial charge in [0.25, 0.3) is 0 Å². The molecule has 0 radical (unpaired) electrons. The average Bonchev–Trinajstić information content (AvgIpc) is 3.51. The third kappa shape index (κ3) is 10.8. The van der Waals surface area contributed by atoms with E-state index in [4.69, 9.17) is 19.2 Å². The largest absolute Gasteiger partial charge is 0.373 e. The molecule has 0 amide bonds. The molecule has 8 heteroatoms. The Hall–Kier alpha value is -4.38. The zero-order valence-corrected chi connectivity index (χ0v) is 19.3. The van der Waals surface area contributed by atoms with Crippen molar-refractivity contribution in [1.29, 1.82) is 0 Å². The maximum absolute atomic E-state index is 8.12. The molecule has 4 aromatic rings. The van der Waals surface area contributed by atoms with Crippen LogP contribution < -0.4 is 0 Å². The van der Waals surface area contributed by atoms with Crippen LogP contribution in [0.25, 0.3) is 0 Å². The van der Waals surface area contributed by atoms with E-state index in [9.17, 15) is 0 Å². The second-order valence-corrected chi connectivity index (χ2v) is 6.96. The van der Waals surface area contributed by atoms with Gasteiger partial charge in [-0.05, 0) is 35.6 Å². The monoisotopic (exact) mass is 460 g/mol. The second kappa shape index (κ2) is 17.2. The molecule has 2 N–H and O–H groups in total. The van der Waals surface area contributed by atoms with Crippen molar-refractivity contribution in [3.63, 3.8) is 0 Å². The smallest absolute Gasteiger partial charge is 0.282 e. The number of hydrogen-bond acceptors (Lipinski definition) is 6. The highest BCUT2D eigenvalue weighted by Crippen LogP contribution is 2.12. The number of aromatic amines is 2. The molecule has 0 atom stereocenters. The molecule has 0 saturated carbocycles. The van der Waals surface area contributed by atoms with Crippen molar-refractivity contribution in [3.05, 3.63) is 107 Å². The van der Waals surface area contributed by atoms with Crippen LogP contribution in [-0.4, -0.2) is 32.7 Å². The molecule has 0 spiro atoms. The summed E-state index contributed by atoms with van der Waals surface area (Å²) >= 11 is 0. The zero-order chi connectivity index (χ0) is 25.0. The van der Waals surface area contributed by atoms with Gasteiger partial charge in [0, 0.05) is 24.2 Å². The highest BCUT2D eigenvalue weighted by molar-refractivity contribution is 5.27. The van der Waals surface area contributed by atoms with Crippen LogP contribution in [-0.2, 0) is 44.9 Å². The van der Waals surface area contributed by atoms with E-state index in [2.05, 4.69) is 88.8 Å². The van der Waals surface area contributed by atoms with E-state index >= 15 is 0 Å². The minimum atomic E-state index is 0.250. The molecule has 0 aliphatic rings. The highest BCUT2D eigenvalue weighted by Gasteiger charge is 2.03. The van der Waals surface area contributed by atoms with Crippen molar-refractivity contribution in [3.8, 4) is 0 Å². The first kappa shape index (κ1) is 27.7. The number of carbonyl (C=O) groups excluding carboxylic acids is 4. The van der Waals surface area contributed by atoms with Gasteiger partial charge in [-0.3, -0.25) is 10.2 Å². The van der Waals surface area contributed by atoms with Crippen molar-refractivity contribution < 1.29 is 19.2 Å². The summed E-state index contributed by atoms with van der Waals surface area (Å²) in [6.07, 6.45) is 6.34. The molecule has 2 aromatic carbocycles. The maximum Gasteiger partial charge on any atom is 0.373 e. The first-order valence-electron chi connectivity index (χ1n) is 10.7. The number of nitrogens with zero attached hydrogens (tertiary/aromatic N) is 2. The Morgan fingerprint density at radius 1 is 0.735 bits per heavy atom. The van der Waals surface area contributed by atoms with Gasteiger partial charge in [0.05, 0.1) is 11.9 Å². The third-order valence-electron chi connectivity index (χ3n) is 4.68. The van der Waals surface area contributed by atoms with E-state index in [0.29, 0.717) is 0 Å². The Morgan fingerprint density at radius 3 is 1.74 bits per heavy atom. The normalized spacial score (nSPS) is 9.00. The molecule has 8 nitrogen and oxygen atoms in total. The van der Waals surface area contributed by atoms with Gasteiger partial charge in [-0.1, -0.05) is 74.5 Å². The van der Waals surface area contributed by atoms with Crippen LogP contribution in [0.3, 0.4) is 0 Å². The van der Waals surface area contributed by atoms with Crippen LogP contribution in [0.15, 0.2) is 72.9 Å². The fourth-order valence-corrected chi connectivity index (χ4v) is 3.11. The average molecular weight is 461 g/mol. The maximum atomic E-state index is 8.12. The van der Waals surface area contributed by atoms with Crippen LogP contribution >= 0.6 is 0 Å². The van der Waals surface area contributed by atoms with Gasteiger partial charge in [0.15, 0.2) is 0 Å². The van der Waals surface area contributed by atoms with Crippen LogP contribution in [0.5, 0.6) is 0 Å². The van der Waals surface area contributed by atoms with Gasteiger partial charge in [0.2, 0.25) is 0 Å². The first-order chi connectivity index (χ1) is 16.6. The first-order valence-corrected chi connectivity index (χ1v) is 10.7. The van der Waals surface area contributed by atoms with Gasteiger partial charge in [-0.2, -0.15) is 29.4 Å². The van der Waals surface area contributed by atoms with Crippen molar-refractivity contribution >= 4 is 12.3 Å². The van der Waals surface area contributed by atoms with Crippen molar-refractivity contribution in [2.75, 3.05) is 0 Å². The molecule has 176 valence electrons. The van der Waals surface area contributed by atoms with Crippen LogP contribution in [0, 0.1) is 0 Å². The number of hydrogen-bond donors (Lipinski definition) is 2. The molecule has 0 fully saturated rings. The summed E-state index contributed by atoms with van der Waals surface area (Å²) in [5, 5.41) is 14.4. The van der Waals surface area contributed by atoms with Crippen molar-refractivity contribution in [2.45, 2.75) is 39.5 Å². The Kier molecular flexibility index (Phi) is 14.0. The summed E-state index contributed by atoms with van der Waals surface area (Å²) < 4.78 is 0. The number of aryl methyl sites for hydroxylation is 2. The number of nitrogens with one attached hydrogen (secondary N) is 2. The summed E-state index contributed by atoms with van der Waals surface area (Å²) in [6, 6.07) is 23.0. The van der Waals surface area contributed by atoms with Crippen LogP contribution in [0.4, 0.5) is 0 Å². The summed E-state index contributed by atoms with van der Waals surface area (Å²) in [6.45, 7) is 4.25. The van der Waals surface area contributed by atoms with E-state index in [1.807, 2.05) is 18.3 Å². The zero-order valence-electron chi connectivity index (χ0n) is 19.3. The summed E-state index contributed by atoms with van der Waals surface area (Å²) in [7, 11) is 0. The highest BCUT2D eigenvalue weighted by atomic mass is 16.2. The van der Waals surface area contributed by atoms with E-state index in [1.54, 1.807) is 0 Å². The van der Waals surface area contributed by atoms with Gasteiger partial charge in [-0.25, -0.2) is 0 Å². The van der Waals surface area contributed by atoms with Gasteiger partial charge < -0.3 is 0 Å². The molecule has 2 aromatic heterocycles. The summed E-state index contributed by atoms with van der Waals surface area (Å²) in [5.74, 6) is 0. The van der Waals surface area contributed by atoms with E-state index < -0.39 is 0 Å². The Bertz CT molecular complexity index is 1110. The molecule has 0 aliphatic carbocycles. The Labute approximate surface area is 198 Å². The van der Waals surface area contributed by atoms with E-state index in [0.717, 1.165) is 31.4 Å². The molecule has 4 rings (SSSR count). The Morgan fingerprint density at radius 2 is 1.26 bits per heavy atom. The molecular weight excluding hydrogens is 432 g/mol. The number of rotatable bonds is 6. The number of benzene rings is 2. The molecule has 0 saturated heterocycles. The predicted octanol–water partition coefficient (Wildman–Crippen LogP) is 3.96. The number of H-pyrrole nitrogens is 2. The van der Waals surface area contributed by atoms with Crippen molar-refractivity contribution in [1.82, 2.24) is 20.4 Å². The molecule has 34 heavy (non-hydrogen) atoms. The standard InChI is InChI=1S/2C12H14N2.2CO2/c1-2-12-11(9-13-14-12)8-10-6-4-3-5-7-10;1-2-11-9-12(14-13-11)8-10-6-4-3-5-7-10;2*2-1-3/h2*3-7,9H,2,8H2,1H3,(H,13,14);;. The molecule has 2 heterocycles. The predicted molar refractivity (Wildman–Crippen MR) is 124 cm³/mol. The van der Waals surface area contributed by atoms with Crippen molar-refractivity contribution in [2.24, 2.45) is 0 Å². The van der Waals surface area contributed by atoms with Gasteiger partial charge >= 0.3 is 12.3 Å². The molecule has 0 bridgehead atoms. The summed E-state index contributed by atoms with van der Waals surface area (Å²) in [5.41, 5.74) is 7.53. The van der Waals surface area contributed by atoms with E-state index in [1.165, 1.54) is 28.1 Å². The summed E-state index contributed by atoms with van der Waals surface area (Å²) in [4.78, 5) is 32.5. The quantitative estimate of drug-likeness (QED) is 0.449. The van der Waals surface area contributed by atoms with Crippen LogP contribution in [0.1, 0.15) is 47.6 Å². The lowest BCUT2D eigenvalue weighted by Gasteiger charge is -2.00. The van der Waals surface area contributed by atoms with Gasteiger partial charge in [0.1, 0.15) is 0 Å². The number of aromatic nitrogens is 4. The van der Waals surface area contributed by atoms with E-state index in [-0.39, 0.29) is 12.3 Å². The minimum absolute atomic E-state index is 0.250. The van der Waals surface area contributed by atoms with Gasteiger partial charge in [-0.15, -0.1) is 0 Å². The third-order valence-corrected chi connectivity index (χ3v) is 4.68. The lowest BCUT2D eigenvalue weighted by molar-refractivity contribution is -0.193. The fourth-order valence-electron chi connectivity index (χ4n) is 3.11. The SMILES string of the molecule is CCc1[nH]ncc1Cc1ccccc1.CCc1cc(Cc2ccccc2)[nH]n1.O=C=O.O=C=O. The lowest BCUT2D eigenvalue weighted by atomic mass is 10.1. The van der Waals surface area contributed by atoms with Crippen LogP contribution in [0.2, 0.25) is 0 Å². The lowest BCUT2D eigenvalue weighted by Crippen LogP contribution is -1.91. The second-order valence-electron chi connectivity index (χ2n) is 6.96. The minimum Gasteiger partial charge on any atom is -0.282 e. The molecular formula is C26H28N4O4. The molecule has 0 aliphatic heterocycles. The Balaban J connectivity index is 0.000000277. The molecule has 0 unspecified atom stereocenters. The topological polar surface area (TPSA) is 126 Å². The fraction of sp³-hybridized carbons (Fsp3) is 0.231.